The Morgan fingerprint density at radius 2 is 1.02 bits per heavy atom. The van der Waals surface area contributed by atoms with Crippen molar-refractivity contribution >= 4 is 54.6 Å². The molecule has 4 N–H and O–H groups in total. The number of rotatable bonds is 5. The molecule has 2 radical (unpaired) electrons. The summed E-state index contributed by atoms with van der Waals surface area (Å²) < 4.78 is 63.7. The van der Waals surface area contributed by atoms with Crippen LogP contribution in [0.4, 0.5) is 0 Å². The molecule has 0 spiro atoms. The van der Waals surface area contributed by atoms with E-state index in [-0.39, 0.29) is 65.6 Å². The number of nitrogens with zero attached hydrogens (tertiary/aromatic N) is 4. The smallest absolute Gasteiger partial charge is 0.481 e. The molecule has 0 amide bonds. The van der Waals surface area contributed by atoms with Crippen molar-refractivity contribution in [2.24, 2.45) is 0 Å². The van der Waals surface area contributed by atoms with Crippen molar-refractivity contribution < 1.29 is 119 Å². The fourth-order valence-electron chi connectivity index (χ4n) is 3.75. The number of benzene rings is 4. The minimum absolute atomic E-state index is 0. The number of esters is 1. The van der Waals surface area contributed by atoms with E-state index in [0.717, 1.165) is 45.9 Å². The van der Waals surface area contributed by atoms with Gasteiger partial charge in [0.15, 0.2) is 0 Å². The van der Waals surface area contributed by atoms with Crippen molar-refractivity contribution in [1.29, 1.82) is 5.26 Å². The third kappa shape index (κ3) is 27.4. The molecule has 1 heterocycles. The molecule has 1 aromatic heterocycles. The largest absolute Gasteiger partial charge is 0.493 e. The summed E-state index contributed by atoms with van der Waals surface area (Å²) in [6, 6.07) is 32.2. The Morgan fingerprint density at radius 3 is 1.35 bits per heavy atom. The number of oxazole rings is 1. The van der Waals surface area contributed by atoms with Crippen LogP contribution in [0.1, 0.15) is 44.4 Å². The average Bonchev–Trinajstić information content (AvgIpc) is 3.68. The summed E-state index contributed by atoms with van der Waals surface area (Å²) in [5, 5.41) is 36.8. The SMILES string of the molecule is CC(=O)O.CC(=O)O.CC(=O)O.CC(=O)O.COC(=O)C(=[N+]=[N-])S(=O)(=O)c1ccccc1.COc1oc(-c2ccc(C)cc2)nc1S(=O)(=O)c1ccccc1.Cc1ccc(C#N)cc1.[Rh].[Rh]. The van der Waals surface area contributed by atoms with Gasteiger partial charge < -0.3 is 39.8 Å². The molecule has 20 nitrogen and oxygen atoms in total. The third-order valence-corrected chi connectivity index (χ3v) is 9.61. The molecule has 0 unspecified atom stereocenters. The molecule has 24 heteroatoms. The monoisotopic (exact) mass is 1130 g/mol. The number of carbonyl (C=O) groups is 5. The number of nitriles is 1. The maximum absolute atomic E-state index is 12.7. The van der Waals surface area contributed by atoms with Gasteiger partial charge in [-0.3, -0.25) is 19.2 Å². The van der Waals surface area contributed by atoms with Gasteiger partial charge in [-0.1, -0.05) is 71.8 Å². The first-order chi connectivity index (χ1) is 29.8. The van der Waals surface area contributed by atoms with Crippen LogP contribution in [0.5, 0.6) is 5.95 Å². The summed E-state index contributed by atoms with van der Waals surface area (Å²) in [7, 11) is -5.60. The molecular weight excluding hydrogens is 1090 g/mol. The van der Waals surface area contributed by atoms with Crippen LogP contribution in [0.15, 0.2) is 128 Å². The molecule has 4 aromatic carbocycles. The fraction of sp³-hybridized carbons (Fsp3) is 0.190. The zero-order chi connectivity index (χ0) is 49.6. The predicted molar refractivity (Wildman–Crippen MR) is 229 cm³/mol. The zero-order valence-corrected chi connectivity index (χ0v) is 41.3. The van der Waals surface area contributed by atoms with Crippen LogP contribution in [-0.2, 0) is 87.3 Å². The van der Waals surface area contributed by atoms with Gasteiger partial charge in [-0.05, 0) is 62.4 Å². The summed E-state index contributed by atoms with van der Waals surface area (Å²) in [6.07, 6.45) is 0. The van der Waals surface area contributed by atoms with Crippen LogP contribution >= 0.6 is 0 Å². The predicted octanol–water partition coefficient (Wildman–Crippen LogP) is 5.98. The van der Waals surface area contributed by atoms with Crippen molar-refractivity contribution in [2.75, 3.05) is 14.2 Å². The van der Waals surface area contributed by atoms with E-state index < -0.39 is 54.6 Å². The van der Waals surface area contributed by atoms with Gasteiger partial charge in [0, 0.05) is 72.2 Å². The van der Waals surface area contributed by atoms with E-state index in [1.165, 1.54) is 49.1 Å². The summed E-state index contributed by atoms with van der Waals surface area (Å²) in [5.74, 6) is -4.47. The third-order valence-electron chi connectivity index (χ3n) is 6.30. The molecule has 0 atom stereocenters. The minimum Gasteiger partial charge on any atom is -0.481 e. The first-order valence-electron chi connectivity index (χ1n) is 17.6. The molecule has 0 saturated carbocycles. The van der Waals surface area contributed by atoms with Gasteiger partial charge in [0.2, 0.25) is 20.8 Å². The van der Waals surface area contributed by atoms with E-state index in [0.29, 0.717) is 5.56 Å². The summed E-state index contributed by atoms with van der Waals surface area (Å²) >= 11 is 0. The molecule has 5 aromatic rings. The summed E-state index contributed by atoms with van der Waals surface area (Å²) in [6.45, 7) is 8.30. The Hall–Kier alpha value is -6.74. The second-order valence-electron chi connectivity index (χ2n) is 11.8. The topological polar surface area (TPSA) is 339 Å². The zero-order valence-electron chi connectivity index (χ0n) is 36.4. The Kier molecular flexibility index (Phi) is 34.6. The molecule has 0 fully saturated rings. The number of aliphatic carboxylic acids is 4. The normalized spacial score (nSPS) is 9.14. The Bertz CT molecular complexity index is 2530. The molecule has 0 bridgehead atoms. The number of hydrogen-bond donors (Lipinski definition) is 4. The maximum atomic E-state index is 12.7. The number of carboxylic acid groups (broad SMARTS) is 4. The van der Waals surface area contributed by atoms with Crippen LogP contribution in [0, 0.1) is 25.2 Å². The average molecular weight is 1130 g/mol. The van der Waals surface area contributed by atoms with Gasteiger partial charge in [0.05, 0.1) is 35.6 Å². The quantitative estimate of drug-likeness (QED) is 0.0393. The van der Waals surface area contributed by atoms with Gasteiger partial charge >= 0.3 is 17.0 Å². The van der Waals surface area contributed by atoms with Gasteiger partial charge in [0.25, 0.3) is 33.7 Å². The molecule has 360 valence electrons. The van der Waals surface area contributed by atoms with Crippen LogP contribution in [0.25, 0.3) is 17.0 Å². The molecular formula is C42H46N4O16Rh2S2. The van der Waals surface area contributed by atoms with Crippen molar-refractivity contribution in [2.45, 2.75) is 56.4 Å². The first-order valence-corrected chi connectivity index (χ1v) is 20.6. The van der Waals surface area contributed by atoms with Crippen LogP contribution in [0.2, 0.25) is 0 Å². The van der Waals surface area contributed by atoms with Crippen molar-refractivity contribution in [3.05, 3.63) is 131 Å². The van der Waals surface area contributed by atoms with Crippen LogP contribution < -0.4 is 4.74 Å². The van der Waals surface area contributed by atoms with Crippen molar-refractivity contribution in [3.63, 3.8) is 0 Å². The van der Waals surface area contributed by atoms with Crippen molar-refractivity contribution in [1.82, 2.24) is 4.98 Å². The van der Waals surface area contributed by atoms with E-state index in [2.05, 4.69) is 20.6 Å². The van der Waals surface area contributed by atoms with E-state index in [4.69, 9.17) is 59.6 Å². The Morgan fingerprint density at radius 1 is 0.652 bits per heavy atom. The molecule has 0 aliphatic carbocycles. The number of carboxylic acids is 4. The van der Waals surface area contributed by atoms with E-state index in [1.807, 2.05) is 62.4 Å². The van der Waals surface area contributed by atoms with E-state index >= 15 is 0 Å². The van der Waals surface area contributed by atoms with Gasteiger partial charge in [0.1, 0.15) is 0 Å². The fourth-order valence-corrected chi connectivity index (χ4v) is 6.19. The molecule has 0 aliphatic heterocycles. The molecule has 0 saturated heterocycles. The Labute approximate surface area is 406 Å². The van der Waals surface area contributed by atoms with Gasteiger partial charge in [-0.15, -0.1) is 4.79 Å². The minimum atomic E-state index is -4.14. The molecule has 66 heavy (non-hydrogen) atoms. The standard InChI is InChI=1S/C17H15NO4S.C9H8N2O4S.C8H7N.4C2H4O2.2Rh/c1-12-8-10-13(11-9-12)15-18-16(17(21-2)22-15)23(19,20)14-6-4-3-5-7-14;1-15-9(12)8(11-10)16(13,14)7-5-3-2-4-6-7;1-7-2-4-8(6-9)5-3-7;4*1-2(3)4;;/h3-11H,1-2H3;2-6H,1H3;2-5H,1H3;4*1H3,(H,3,4);;. The first kappa shape index (κ1) is 65.9. The second kappa shape index (κ2) is 34.6. The number of hydrogen-bond acceptors (Lipinski definition) is 14. The number of methoxy groups -OCH3 is 2. The van der Waals surface area contributed by atoms with Gasteiger partial charge in [-0.2, -0.15) is 10.2 Å². The number of aryl methyl sites for hydroxylation is 2. The maximum Gasteiger partial charge on any atom is 0.493 e. The van der Waals surface area contributed by atoms with Gasteiger partial charge in [-0.25, -0.2) is 21.6 Å². The Balaban J connectivity index is -0.000000388. The summed E-state index contributed by atoms with van der Waals surface area (Å²) in [4.78, 5) is 53.7. The number of carbonyl (C=O) groups excluding carboxylic acids is 1. The van der Waals surface area contributed by atoms with E-state index in [9.17, 15) is 21.6 Å². The van der Waals surface area contributed by atoms with Crippen LogP contribution in [-0.4, -0.2) is 96.1 Å². The molecule has 0 aliphatic rings. The summed E-state index contributed by atoms with van der Waals surface area (Å²) in [5.41, 5.74) is 12.2. The van der Waals surface area contributed by atoms with Crippen molar-refractivity contribution in [3.8, 4) is 23.5 Å². The van der Waals surface area contributed by atoms with E-state index in [1.54, 1.807) is 24.3 Å². The number of sulfone groups is 2. The molecule has 5 rings (SSSR count). The second-order valence-corrected chi connectivity index (χ2v) is 15.5. The van der Waals surface area contributed by atoms with Crippen LogP contribution in [0.3, 0.4) is 0 Å². The number of aromatic nitrogens is 1. The number of ether oxygens (including phenoxy) is 2.